The zero-order valence-corrected chi connectivity index (χ0v) is 23.3. The number of carbonyl (C=O) groups excluding carboxylic acids is 1. The van der Waals surface area contributed by atoms with Crippen molar-refractivity contribution in [1.82, 2.24) is 0 Å². The average Bonchev–Trinajstić information content (AvgIpc) is 2.87. The number of aryl methyl sites for hydroxylation is 1. The van der Waals surface area contributed by atoms with Crippen molar-refractivity contribution < 1.29 is 18.8 Å². The molecule has 2 rings (SSSR count). The maximum atomic E-state index is 12.7. The first kappa shape index (κ1) is 29.9. The van der Waals surface area contributed by atoms with Crippen LogP contribution in [0.2, 0.25) is 0 Å². The maximum Gasteiger partial charge on any atom is 0.314 e. The van der Waals surface area contributed by atoms with E-state index in [4.69, 9.17) is 9.47 Å². The number of quaternary nitrogens is 1. The van der Waals surface area contributed by atoms with Gasteiger partial charge in [0, 0.05) is 5.56 Å². The molecule has 0 amide bonds. The lowest BCUT2D eigenvalue weighted by Gasteiger charge is -2.32. The van der Waals surface area contributed by atoms with Gasteiger partial charge in [0.15, 0.2) is 0 Å². The number of esters is 1. The molecule has 0 aromatic heterocycles. The molecule has 0 saturated heterocycles. The standard InChI is InChI=1S/C32H50NO3/c1-5-7-8-9-10-11-12-14-18-28-21-17-22-31(25-28)35-23-24-36-32(34)30(6-2)27-33(3,4)26-29-19-15-13-16-20-29/h13,15-17,19-22,25,30H,5-12,14,18,23-24,26-27H2,1-4H3/q+1. The highest BCUT2D eigenvalue weighted by Crippen LogP contribution is 2.18. The van der Waals surface area contributed by atoms with Crippen LogP contribution < -0.4 is 4.74 Å². The van der Waals surface area contributed by atoms with Crippen LogP contribution in [-0.4, -0.2) is 44.3 Å². The molecule has 0 heterocycles. The first-order valence-corrected chi connectivity index (χ1v) is 14.2. The molecule has 1 unspecified atom stereocenters. The summed E-state index contributed by atoms with van der Waals surface area (Å²) in [5.41, 5.74) is 2.60. The Morgan fingerprint density at radius 2 is 1.47 bits per heavy atom. The summed E-state index contributed by atoms with van der Waals surface area (Å²) >= 11 is 0. The van der Waals surface area contributed by atoms with Crippen molar-refractivity contribution in [2.75, 3.05) is 33.9 Å². The minimum atomic E-state index is -0.121. The van der Waals surface area contributed by atoms with Gasteiger partial charge in [-0.05, 0) is 37.0 Å². The fourth-order valence-corrected chi connectivity index (χ4v) is 4.78. The molecule has 2 aromatic carbocycles. The first-order chi connectivity index (χ1) is 17.4. The number of carbonyl (C=O) groups is 1. The summed E-state index contributed by atoms with van der Waals surface area (Å²) in [5, 5.41) is 0. The van der Waals surface area contributed by atoms with E-state index in [1.807, 2.05) is 12.1 Å². The van der Waals surface area contributed by atoms with Crippen LogP contribution in [0.15, 0.2) is 54.6 Å². The predicted molar refractivity (Wildman–Crippen MR) is 150 cm³/mol. The van der Waals surface area contributed by atoms with Crippen molar-refractivity contribution in [3.05, 3.63) is 65.7 Å². The van der Waals surface area contributed by atoms with Crippen molar-refractivity contribution in [3.8, 4) is 5.75 Å². The fourth-order valence-electron chi connectivity index (χ4n) is 4.78. The van der Waals surface area contributed by atoms with Crippen molar-refractivity contribution in [2.24, 2.45) is 5.92 Å². The van der Waals surface area contributed by atoms with Crippen LogP contribution in [0.1, 0.15) is 82.8 Å². The van der Waals surface area contributed by atoms with Gasteiger partial charge in [0.2, 0.25) is 0 Å². The van der Waals surface area contributed by atoms with E-state index in [-0.39, 0.29) is 18.5 Å². The van der Waals surface area contributed by atoms with Gasteiger partial charge in [0.05, 0.1) is 20.6 Å². The van der Waals surface area contributed by atoms with E-state index in [1.165, 1.54) is 62.5 Å². The zero-order valence-electron chi connectivity index (χ0n) is 23.3. The summed E-state index contributed by atoms with van der Waals surface area (Å²) in [4.78, 5) is 12.7. The van der Waals surface area contributed by atoms with E-state index >= 15 is 0 Å². The Balaban J connectivity index is 1.66. The van der Waals surface area contributed by atoms with Crippen LogP contribution in [0.3, 0.4) is 0 Å². The van der Waals surface area contributed by atoms with Crippen LogP contribution in [-0.2, 0) is 22.5 Å². The van der Waals surface area contributed by atoms with E-state index in [9.17, 15) is 4.79 Å². The van der Waals surface area contributed by atoms with E-state index < -0.39 is 0 Å². The molecule has 4 heteroatoms. The molecule has 200 valence electrons. The van der Waals surface area contributed by atoms with Gasteiger partial charge in [-0.1, -0.05) is 101 Å². The summed E-state index contributed by atoms with van der Waals surface area (Å²) < 4.78 is 12.2. The van der Waals surface area contributed by atoms with Crippen LogP contribution in [0, 0.1) is 5.92 Å². The molecule has 0 aliphatic rings. The lowest BCUT2D eigenvalue weighted by molar-refractivity contribution is -0.906. The van der Waals surface area contributed by atoms with Crippen molar-refractivity contribution in [1.29, 1.82) is 0 Å². The Bertz CT molecular complexity index is 849. The highest BCUT2D eigenvalue weighted by atomic mass is 16.6. The van der Waals surface area contributed by atoms with E-state index in [0.717, 1.165) is 36.2 Å². The maximum absolute atomic E-state index is 12.7. The summed E-state index contributed by atoms with van der Waals surface area (Å²) in [6, 6.07) is 18.8. The molecule has 1 atom stereocenters. The minimum absolute atomic E-state index is 0.112. The molecule has 0 aliphatic carbocycles. The molecular weight excluding hydrogens is 446 g/mol. The molecule has 2 aromatic rings. The smallest absolute Gasteiger partial charge is 0.314 e. The van der Waals surface area contributed by atoms with Gasteiger partial charge in [-0.25, -0.2) is 0 Å². The van der Waals surface area contributed by atoms with Gasteiger partial charge in [-0.2, -0.15) is 0 Å². The summed E-state index contributed by atoms with van der Waals surface area (Å²) in [5.74, 6) is 0.623. The van der Waals surface area contributed by atoms with Crippen LogP contribution >= 0.6 is 0 Å². The molecule has 0 N–H and O–H groups in total. The van der Waals surface area contributed by atoms with Gasteiger partial charge >= 0.3 is 5.97 Å². The van der Waals surface area contributed by atoms with Crippen LogP contribution in [0.25, 0.3) is 0 Å². The van der Waals surface area contributed by atoms with Gasteiger partial charge in [0.25, 0.3) is 0 Å². The SMILES string of the molecule is CCCCCCCCCCc1cccc(OCCOC(=O)C(CC)C[N+](C)(C)Cc2ccccc2)c1. The van der Waals surface area contributed by atoms with Crippen molar-refractivity contribution in [2.45, 2.75) is 84.6 Å². The lowest BCUT2D eigenvalue weighted by atomic mass is 10.0. The van der Waals surface area contributed by atoms with E-state index in [0.29, 0.717) is 6.61 Å². The first-order valence-electron chi connectivity index (χ1n) is 14.2. The largest absolute Gasteiger partial charge is 0.490 e. The molecule has 0 radical (unpaired) electrons. The second kappa shape index (κ2) is 17.2. The molecule has 0 saturated carbocycles. The molecular formula is C32H50NO3+. The Kier molecular flexibility index (Phi) is 14.3. The summed E-state index contributed by atoms with van der Waals surface area (Å²) in [6.45, 7) is 6.63. The van der Waals surface area contributed by atoms with E-state index in [1.54, 1.807) is 0 Å². The summed E-state index contributed by atoms with van der Waals surface area (Å²) in [7, 11) is 4.35. The van der Waals surface area contributed by atoms with Gasteiger partial charge in [-0.15, -0.1) is 0 Å². The molecule has 0 fully saturated rings. The van der Waals surface area contributed by atoms with Crippen LogP contribution in [0.4, 0.5) is 0 Å². The summed E-state index contributed by atoms with van der Waals surface area (Å²) in [6.07, 6.45) is 12.6. The quantitative estimate of drug-likeness (QED) is 0.114. The Morgan fingerprint density at radius 1 is 0.806 bits per heavy atom. The highest BCUT2D eigenvalue weighted by Gasteiger charge is 2.28. The van der Waals surface area contributed by atoms with Gasteiger partial charge < -0.3 is 14.0 Å². The fraction of sp³-hybridized carbons (Fsp3) is 0.594. The number of hydrogen-bond acceptors (Lipinski definition) is 3. The monoisotopic (exact) mass is 496 g/mol. The number of nitrogens with zero attached hydrogens (tertiary/aromatic N) is 1. The third-order valence-corrected chi connectivity index (χ3v) is 6.81. The minimum Gasteiger partial charge on any atom is -0.490 e. The number of unbranched alkanes of at least 4 members (excludes halogenated alkanes) is 7. The molecule has 0 aliphatic heterocycles. The molecule has 0 bridgehead atoms. The highest BCUT2D eigenvalue weighted by molar-refractivity contribution is 5.72. The Labute approximate surface area is 220 Å². The number of benzene rings is 2. The predicted octanol–water partition coefficient (Wildman–Crippen LogP) is 7.59. The molecule has 36 heavy (non-hydrogen) atoms. The Morgan fingerprint density at radius 3 is 2.17 bits per heavy atom. The van der Waals surface area contributed by atoms with Gasteiger partial charge in [0.1, 0.15) is 31.4 Å². The third-order valence-electron chi connectivity index (χ3n) is 6.81. The normalized spacial score (nSPS) is 12.3. The molecule has 4 nitrogen and oxygen atoms in total. The molecule has 0 spiro atoms. The van der Waals surface area contributed by atoms with Crippen molar-refractivity contribution in [3.63, 3.8) is 0 Å². The number of hydrogen-bond donors (Lipinski definition) is 0. The second-order valence-corrected chi connectivity index (χ2v) is 10.8. The average molecular weight is 497 g/mol. The Hall–Kier alpha value is -2.33. The zero-order chi connectivity index (χ0) is 26.1. The third kappa shape index (κ3) is 12.6. The van der Waals surface area contributed by atoms with Crippen LogP contribution in [0.5, 0.6) is 5.75 Å². The lowest BCUT2D eigenvalue weighted by Crippen LogP contribution is -2.44. The van der Waals surface area contributed by atoms with Gasteiger partial charge in [-0.3, -0.25) is 4.79 Å². The second-order valence-electron chi connectivity index (χ2n) is 10.8. The number of ether oxygens (including phenoxy) is 2. The van der Waals surface area contributed by atoms with E-state index in [2.05, 4.69) is 70.4 Å². The topological polar surface area (TPSA) is 35.5 Å². The number of rotatable bonds is 19. The van der Waals surface area contributed by atoms with Crippen molar-refractivity contribution >= 4 is 5.97 Å².